The molecule has 5 fully saturated rings. The number of hydrogen-bond donors (Lipinski definition) is 2. The molecular formula is C46H67Br4F3O8. The Morgan fingerprint density at radius 1 is 0.590 bits per heavy atom. The third-order valence-electron chi connectivity index (χ3n) is 10.7. The first-order valence-corrected chi connectivity index (χ1v) is 25.7. The van der Waals surface area contributed by atoms with Crippen molar-refractivity contribution in [2.75, 3.05) is 10.7 Å². The zero-order valence-corrected chi connectivity index (χ0v) is 42.1. The van der Waals surface area contributed by atoms with Gasteiger partial charge in [0.2, 0.25) is 0 Å². The Labute approximate surface area is 397 Å². The standard InChI is InChI=1S/C10H13Br2F3O2.C10H16Br2O2.C10H14O2.2C8H12O/c11-5-7(12)3-1-2-6-4-8(6)17-9(16)10(13,14)15;1-7(13)14-10-5-8(10)3-2-4-9(12)6-11;1-3-4-5-6-9-7-10(9)12-8(2)11;2*1-2-3-4-5-7-6-8(7)9/h6-8H,1-5H2;8-10H,2-6H2,1H3;1,9-10H,4-7H2,2H3;2*1,7-9H,3-6H2/t6-,7?,8-;8-,9?,10-;9-,10-;2*7-,8-/m11111/s1. The number of hydrogen-bond acceptors (Lipinski definition) is 8. The van der Waals surface area contributed by atoms with Crippen LogP contribution in [-0.4, -0.2) is 85.1 Å². The summed E-state index contributed by atoms with van der Waals surface area (Å²) in [6.07, 6.45) is 30.3. The van der Waals surface area contributed by atoms with E-state index < -0.39 is 18.2 Å². The fraction of sp³-hybridized carbons (Fsp3) is 0.804. The Morgan fingerprint density at radius 2 is 0.885 bits per heavy atom. The molecule has 0 bridgehead atoms. The largest absolute Gasteiger partial charge is 0.490 e. The second kappa shape index (κ2) is 32.4. The molecule has 61 heavy (non-hydrogen) atoms. The highest BCUT2D eigenvalue weighted by atomic mass is 79.9. The van der Waals surface area contributed by atoms with E-state index in [-0.39, 0.29) is 42.3 Å². The van der Waals surface area contributed by atoms with Gasteiger partial charge in [0.25, 0.3) is 0 Å². The molecule has 8 nitrogen and oxygen atoms in total. The lowest BCUT2D eigenvalue weighted by Gasteiger charge is -2.07. The first-order valence-electron chi connectivity index (χ1n) is 21.6. The monoisotopic (exact) mass is 1120 g/mol. The van der Waals surface area contributed by atoms with Gasteiger partial charge in [0.05, 0.1) is 12.2 Å². The van der Waals surface area contributed by atoms with Gasteiger partial charge in [0.1, 0.15) is 18.3 Å². The summed E-state index contributed by atoms with van der Waals surface area (Å²) in [6.45, 7) is 2.94. The van der Waals surface area contributed by atoms with Crippen LogP contribution in [-0.2, 0) is 28.6 Å². The number of halogens is 7. The van der Waals surface area contributed by atoms with Gasteiger partial charge in [-0.25, -0.2) is 4.79 Å². The molecule has 15 heteroatoms. The highest BCUT2D eigenvalue weighted by Gasteiger charge is 2.48. The van der Waals surface area contributed by atoms with Crippen molar-refractivity contribution in [2.24, 2.45) is 29.6 Å². The molecule has 2 N–H and O–H groups in total. The lowest BCUT2D eigenvalue weighted by molar-refractivity contribution is -0.201. The first-order chi connectivity index (χ1) is 28.9. The third kappa shape index (κ3) is 31.3. The molecule has 0 aromatic carbocycles. The van der Waals surface area contributed by atoms with E-state index in [2.05, 4.69) is 86.2 Å². The second-order valence-corrected chi connectivity index (χ2v) is 20.4. The van der Waals surface area contributed by atoms with Gasteiger partial charge in [-0.1, -0.05) is 76.6 Å². The minimum Gasteiger partial charge on any atom is -0.462 e. The quantitative estimate of drug-likeness (QED) is 0.0362. The van der Waals surface area contributed by atoms with E-state index in [1.165, 1.54) is 33.1 Å². The van der Waals surface area contributed by atoms with E-state index in [9.17, 15) is 27.6 Å². The summed E-state index contributed by atoms with van der Waals surface area (Å²) < 4.78 is 50.1. The Hall–Kier alpha value is -1.28. The number of alkyl halides is 7. The molecule has 5 saturated carbocycles. The van der Waals surface area contributed by atoms with Crippen LogP contribution in [0.5, 0.6) is 0 Å². The van der Waals surface area contributed by atoms with Crippen LogP contribution in [0.3, 0.4) is 0 Å². The van der Waals surface area contributed by atoms with Crippen molar-refractivity contribution in [2.45, 2.75) is 189 Å². The number of carbonyl (C=O) groups is 3. The van der Waals surface area contributed by atoms with E-state index in [0.29, 0.717) is 39.7 Å². The summed E-state index contributed by atoms with van der Waals surface area (Å²) in [7, 11) is 0. The molecule has 0 heterocycles. The van der Waals surface area contributed by atoms with E-state index in [1.807, 2.05) is 0 Å². The van der Waals surface area contributed by atoms with Gasteiger partial charge >= 0.3 is 24.1 Å². The topological polar surface area (TPSA) is 119 Å². The average molecular weight is 1120 g/mol. The molecule has 348 valence electrons. The van der Waals surface area contributed by atoms with E-state index in [1.54, 1.807) is 0 Å². The Morgan fingerprint density at radius 3 is 1.15 bits per heavy atom. The highest BCUT2D eigenvalue weighted by Crippen LogP contribution is 2.41. The van der Waals surface area contributed by atoms with Crippen LogP contribution in [0.25, 0.3) is 0 Å². The lowest BCUT2D eigenvalue weighted by atomic mass is 10.1. The van der Waals surface area contributed by atoms with Crippen molar-refractivity contribution in [1.29, 1.82) is 0 Å². The van der Waals surface area contributed by atoms with Crippen LogP contribution >= 0.6 is 63.7 Å². The highest BCUT2D eigenvalue weighted by molar-refractivity contribution is 9.12. The summed E-state index contributed by atoms with van der Waals surface area (Å²) in [5.74, 6) is 7.88. The summed E-state index contributed by atoms with van der Waals surface area (Å²) >= 11 is 13.8. The fourth-order valence-corrected chi connectivity index (χ4v) is 7.77. The average Bonchev–Trinajstić information content (AvgIpc) is 3.91. The van der Waals surface area contributed by atoms with Crippen LogP contribution in [0.1, 0.15) is 142 Å². The molecule has 0 aliphatic heterocycles. The second-order valence-electron chi connectivity index (χ2n) is 16.5. The normalized spacial score (nSPS) is 27.7. The Kier molecular flexibility index (Phi) is 30.7. The molecule has 12 atom stereocenters. The van der Waals surface area contributed by atoms with Gasteiger partial charge < -0.3 is 24.4 Å². The van der Waals surface area contributed by atoms with Gasteiger partial charge in [-0.05, 0) is 126 Å². The number of terminal acetylenes is 3. The van der Waals surface area contributed by atoms with Crippen molar-refractivity contribution >= 4 is 81.6 Å². The number of rotatable bonds is 22. The summed E-state index contributed by atoms with van der Waals surface area (Å²) in [5.41, 5.74) is 0. The molecule has 0 saturated heterocycles. The summed E-state index contributed by atoms with van der Waals surface area (Å²) in [5, 5.41) is 19.6. The summed E-state index contributed by atoms with van der Waals surface area (Å²) in [6, 6.07) is 0. The number of aliphatic hydroxyl groups excluding tert-OH is 2. The maximum absolute atomic E-state index is 11.9. The Bertz CT molecular complexity index is 1370. The minimum absolute atomic E-state index is 0.00257. The number of ether oxygens (including phenoxy) is 3. The smallest absolute Gasteiger partial charge is 0.462 e. The van der Waals surface area contributed by atoms with Crippen LogP contribution in [0.2, 0.25) is 0 Å². The maximum atomic E-state index is 11.9. The van der Waals surface area contributed by atoms with Gasteiger partial charge in [-0.3, -0.25) is 9.59 Å². The fourth-order valence-electron chi connectivity index (χ4n) is 6.47. The summed E-state index contributed by atoms with van der Waals surface area (Å²) in [4.78, 5) is 32.6. The third-order valence-corrected chi connectivity index (χ3v) is 15.5. The molecule has 0 radical (unpaired) electrons. The van der Waals surface area contributed by atoms with E-state index in [4.69, 9.17) is 39.0 Å². The van der Waals surface area contributed by atoms with Gasteiger partial charge in [0.15, 0.2) is 0 Å². The molecule has 0 amide bonds. The molecule has 5 rings (SSSR count). The van der Waals surface area contributed by atoms with Crippen molar-refractivity contribution in [3.8, 4) is 37.0 Å². The zero-order chi connectivity index (χ0) is 46.0. The molecular weight excluding hydrogens is 1060 g/mol. The number of unbranched alkanes of at least 4 members (excludes halogenated alkanes) is 3. The molecule has 5 aliphatic rings. The van der Waals surface area contributed by atoms with Crippen LogP contribution in [0.4, 0.5) is 13.2 Å². The van der Waals surface area contributed by atoms with Crippen molar-refractivity contribution in [1.82, 2.24) is 0 Å². The zero-order valence-electron chi connectivity index (χ0n) is 35.7. The van der Waals surface area contributed by atoms with Gasteiger partial charge in [-0.15, -0.1) is 37.0 Å². The number of carbonyl (C=O) groups excluding carboxylic acids is 3. The molecule has 2 unspecified atom stereocenters. The SMILES string of the molecule is C#CCCC[C@@H]1C[C@H]1O.C#CCCC[C@@H]1C[C@H]1O.C#CCCC[C@@H]1C[C@H]1OC(C)=O.CC(=O)O[C@@H]1C[C@H]1CCCC(Br)CBr.O=C(O[C@@H]1C[C@H]1CCCC(Br)CBr)C(F)(F)F. The maximum Gasteiger partial charge on any atom is 0.490 e. The van der Waals surface area contributed by atoms with Gasteiger partial charge in [-0.2, -0.15) is 13.2 Å². The predicted octanol–water partition coefficient (Wildman–Crippen LogP) is 11.2. The Balaban J connectivity index is 0.000000389. The van der Waals surface area contributed by atoms with Crippen molar-refractivity contribution in [3.63, 3.8) is 0 Å². The predicted molar refractivity (Wildman–Crippen MR) is 248 cm³/mol. The minimum atomic E-state index is -4.87. The van der Waals surface area contributed by atoms with Crippen LogP contribution < -0.4 is 0 Å². The van der Waals surface area contributed by atoms with Crippen LogP contribution in [0.15, 0.2) is 0 Å². The number of aliphatic hydroxyl groups is 2. The first kappa shape index (κ1) is 57.7. The van der Waals surface area contributed by atoms with E-state index in [0.717, 1.165) is 113 Å². The van der Waals surface area contributed by atoms with Crippen molar-refractivity contribution in [3.05, 3.63) is 0 Å². The lowest BCUT2D eigenvalue weighted by Crippen LogP contribution is -2.26. The molecule has 5 aliphatic carbocycles. The number of esters is 3. The van der Waals surface area contributed by atoms with Crippen molar-refractivity contribution < 1.29 is 52.0 Å². The van der Waals surface area contributed by atoms with Gasteiger partial charge in [0, 0.05) is 53.4 Å². The van der Waals surface area contributed by atoms with Crippen LogP contribution in [0, 0.1) is 66.6 Å². The molecule has 0 spiro atoms. The molecule has 0 aromatic rings. The van der Waals surface area contributed by atoms with E-state index >= 15 is 0 Å². The molecule has 0 aromatic heterocycles.